The molecule has 0 aliphatic rings. The Morgan fingerprint density at radius 1 is 0.667 bits per heavy atom. The van der Waals surface area contributed by atoms with Gasteiger partial charge in [-0.25, -0.2) is 0 Å². The van der Waals surface area contributed by atoms with Gasteiger partial charge in [0, 0.05) is 0 Å². The van der Waals surface area contributed by atoms with Crippen LogP contribution in [0.4, 0.5) is 0 Å². The summed E-state index contributed by atoms with van der Waals surface area (Å²) < 4.78 is 31.6. The van der Waals surface area contributed by atoms with Crippen LogP contribution in [0, 0.1) is 0 Å². The Morgan fingerprint density at radius 2 is 0.833 bits per heavy atom. The monoisotopic (exact) mass is 276 g/mol. The number of rotatable bonds is 9. The van der Waals surface area contributed by atoms with E-state index < -0.39 is 10.4 Å². The molecule has 0 amide bonds. The zero-order valence-corrected chi connectivity index (χ0v) is 12.0. The van der Waals surface area contributed by atoms with Gasteiger partial charge in [-0.3, -0.25) is 9.11 Å². The van der Waals surface area contributed by atoms with Crippen LogP contribution >= 0.6 is 0 Å². The molecule has 0 spiro atoms. The van der Waals surface area contributed by atoms with Crippen LogP contribution in [0.5, 0.6) is 0 Å². The summed E-state index contributed by atoms with van der Waals surface area (Å²) in [6, 6.07) is 0. The fourth-order valence-corrected chi connectivity index (χ4v) is 1.56. The van der Waals surface area contributed by atoms with Crippen molar-refractivity contribution in [2.75, 3.05) is 0 Å². The van der Waals surface area contributed by atoms with E-state index in [1.165, 1.54) is 64.2 Å². The summed E-state index contributed by atoms with van der Waals surface area (Å²) in [5.41, 5.74) is 0. The van der Waals surface area contributed by atoms with Crippen molar-refractivity contribution in [2.45, 2.75) is 78.1 Å². The molecule has 6 heteroatoms. The predicted molar refractivity (Wildman–Crippen MR) is 78.8 cm³/mol. The molecule has 0 aromatic rings. The first-order valence-corrected chi connectivity index (χ1v) is 8.01. The molecule has 0 bridgehead atoms. The van der Waals surface area contributed by atoms with Crippen LogP contribution < -0.4 is 0 Å². The van der Waals surface area contributed by atoms with Gasteiger partial charge in [0.15, 0.2) is 0 Å². The van der Waals surface area contributed by atoms with Crippen LogP contribution in [0.25, 0.3) is 0 Å². The van der Waals surface area contributed by atoms with Gasteiger partial charge in [-0.1, -0.05) is 78.1 Å². The summed E-state index contributed by atoms with van der Waals surface area (Å²) in [7, 11) is -4.67. The van der Waals surface area contributed by atoms with E-state index in [2.05, 4.69) is 13.8 Å². The number of unbranched alkanes of at least 4 members (excludes halogenated alkanes) is 9. The standard InChI is InChI=1S/C12H26.Li.H2O4S.H/c1-3-5-7-9-11-12-10-8-6-4-2;;1-5(2,3)4;/h3-12H2,1-2H3;;(H2,1,2,3,4);. The number of hydrogen-bond acceptors (Lipinski definition) is 2. The SMILES string of the molecule is CCCCCCCCCCCC.O=S(=O)(O)O.[LiH]. The molecule has 0 aliphatic heterocycles. The van der Waals surface area contributed by atoms with E-state index in [1.807, 2.05) is 0 Å². The van der Waals surface area contributed by atoms with Crippen molar-refractivity contribution in [2.24, 2.45) is 0 Å². The first kappa shape index (κ1) is 23.6. The van der Waals surface area contributed by atoms with Gasteiger partial charge in [-0.15, -0.1) is 0 Å². The van der Waals surface area contributed by atoms with Gasteiger partial charge in [0.1, 0.15) is 0 Å². The Hall–Kier alpha value is 0.467. The molecule has 2 N–H and O–H groups in total. The van der Waals surface area contributed by atoms with Gasteiger partial charge in [0.25, 0.3) is 0 Å². The van der Waals surface area contributed by atoms with E-state index in [9.17, 15) is 0 Å². The molecule has 0 radical (unpaired) electrons. The third-order valence-electron chi connectivity index (χ3n) is 2.46. The van der Waals surface area contributed by atoms with E-state index in [4.69, 9.17) is 17.5 Å². The van der Waals surface area contributed by atoms with Gasteiger partial charge in [-0.2, -0.15) is 8.42 Å². The Kier molecular flexibility index (Phi) is 22.9. The Morgan fingerprint density at radius 3 is 1.00 bits per heavy atom. The molecule has 4 nitrogen and oxygen atoms in total. The second-order valence-corrected chi connectivity index (χ2v) is 5.17. The molecule has 0 saturated heterocycles. The fourth-order valence-electron chi connectivity index (χ4n) is 1.56. The van der Waals surface area contributed by atoms with Crippen molar-refractivity contribution in [3.63, 3.8) is 0 Å². The fraction of sp³-hybridized carbons (Fsp3) is 1.00. The van der Waals surface area contributed by atoms with Crippen LogP contribution in [0.15, 0.2) is 0 Å². The first-order chi connectivity index (χ1) is 7.91. The van der Waals surface area contributed by atoms with Gasteiger partial charge < -0.3 is 0 Å². The Labute approximate surface area is 125 Å². The molecule has 0 rings (SSSR count). The molecule has 0 atom stereocenters. The summed E-state index contributed by atoms with van der Waals surface area (Å²) in [5.74, 6) is 0. The summed E-state index contributed by atoms with van der Waals surface area (Å²) in [6.07, 6.45) is 14.4. The van der Waals surface area contributed by atoms with Crippen LogP contribution in [-0.2, 0) is 10.4 Å². The number of hydrogen-bond donors (Lipinski definition) is 2. The topological polar surface area (TPSA) is 74.6 Å². The van der Waals surface area contributed by atoms with Crippen LogP contribution in [0.2, 0.25) is 0 Å². The van der Waals surface area contributed by atoms with E-state index in [0.717, 1.165) is 0 Å². The van der Waals surface area contributed by atoms with E-state index in [1.54, 1.807) is 0 Å². The second kappa shape index (κ2) is 17.5. The molecule has 0 unspecified atom stereocenters. The molecule has 0 aromatic heterocycles. The maximum atomic E-state index is 8.74. The normalized spacial score (nSPS) is 10.2. The van der Waals surface area contributed by atoms with Crippen molar-refractivity contribution in [3.8, 4) is 0 Å². The van der Waals surface area contributed by atoms with Gasteiger partial charge >= 0.3 is 29.3 Å². The minimum atomic E-state index is -4.67. The molecule has 18 heavy (non-hydrogen) atoms. The second-order valence-electron chi connectivity index (χ2n) is 4.28. The molecular weight excluding hydrogens is 247 g/mol. The zero-order valence-electron chi connectivity index (χ0n) is 11.2. The van der Waals surface area contributed by atoms with E-state index >= 15 is 0 Å². The Balaban J connectivity index is -0.000000321. The van der Waals surface area contributed by atoms with Crippen molar-refractivity contribution in [1.82, 2.24) is 0 Å². The average Bonchev–Trinajstić information content (AvgIpc) is 2.20. The maximum absolute atomic E-state index is 8.74. The first-order valence-electron chi connectivity index (χ1n) is 6.61. The van der Waals surface area contributed by atoms with Crippen molar-refractivity contribution in [3.05, 3.63) is 0 Å². The average molecular weight is 276 g/mol. The molecule has 108 valence electrons. The summed E-state index contributed by atoms with van der Waals surface area (Å²) in [4.78, 5) is 0. The molecule has 0 heterocycles. The predicted octanol–water partition coefficient (Wildman–Crippen LogP) is 3.63. The van der Waals surface area contributed by atoms with Crippen molar-refractivity contribution < 1.29 is 17.5 Å². The van der Waals surface area contributed by atoms with Crippen LogP contribution in [0.3, 0.4) is 0 Å². The van der Waals surface area contributed by atoms with E-state index in [0.29, 0.717) is 0 Å². The van der Waals surface area contributed by atoms with Crippen LogP contribution in [-0.4, -0.2) is 36.4 Å². The third-order valence-corrected chi connectivity index (χ3v) is 2.46. The van der Waals surface area contributed by atoms with Gasteiger partial charge in [0.05, 0.1) is 0 Å². The quantitative estimate of drug-likeness (QED) is 0.383. The zero-order chi connectivity index (χ0) is 13.6. The summed E-state index contributed by atoms with van der Waals surface area (Å²) >= 11 is 0. The van der Waals surface area contributed by atoms with Crippen molar-refractivity contribution in [1.29, 1.82) is 0 Å². The molecular formula is C12H29LiO4S. The Bertz CT molecular complexity index is 212. The minimum absolute atomic E-state index is 0. The van der Waals surface area contributed by atoms with Crippen molar-refractivity contribution >= 4 is 29.3 Å². The van der Waals surface area contributed by atoms with Gasteiger partial charge in [0.2, 0.25) is 0 Å². The van der Waals surface area contributed by atoms with Gasteiger partial charge in [-0.05, 0) is 0 Å². The molecule has 0 saturated carbocycles. The van der Waals surface area contributed by atoms with E-state index in [-0.39, 0.29) is 18.9 Å². The third kappa shape index (κ3) is 44.0. The molecule has 0 aliphatic carbocycles. The summed E-state index contributed by atoms with van der Waals surface area (Å²) in [6.45, 7) is 4.56. The summed E-state index contributed by atoms with van der Waals surface area (Å²) in [5, 5.41) is 0. The molecule has 0 fully saturated rings. The molecule has 0 aromatic carbocycles. The van der Waals surface area contributed by atoms with Crippen LogP contribution in [0.1, 0.15) is 78.1 Å².